The lowest BCUT2D eigenvalue weighted by Gasteiger charge is -2.36. The molecule has 0 saturated carbocycles. The first kappa shape index (κ1) is 20.8. The van der Waals surface area contributed by atoms with Gasteiger partial charge in [0.2, 0.25) is 0 Å². The van der Waals surface area contributed by atoms with Crippen LogP contribution < -0.4 is 10.1 Å². The van der Waals surface area contributed by atoms with Crippen LogP contribution in [0.1, 0.15) is 52.6 Å². The minimum atomic E-state index is -0.669. The van der Waals surface area contributed by atoms with Crippen LogP contribution in [-0.2, 0) is 4.74 Å². The summed E-state index contributed by atoms with van der Waals surface area (Å²) in [7, 11) is 0. The minimum Gasteiger partial charge on any atom is -0.485 e. The molecule has 7 nitrogen and oxygen atoms in total. The standard InChI is InChI=1S/C22H26N2O5S/c1-13-20(30-12-23-13)15(3)28-16-4-5-18-17(10-16)19(14(2)29-18)21(26)24-22(11-25)6-8-27-9-7-22/h4-5,10,12,15,25H,6-9,11H2,1-3H3,(H,24,26). The fourth-order valence-electron chi connectivity index (χ4n) is 3.90. The molecule has 160 valence electrons. The summed E-state index contributed by atoms with van der Waals surface area (Å²) in [6, 6.07) is 5.49. The van der Waals surface area contributed by atoms with E-state index in [0.29, 0.717) is 54.1 Å². The second-order valence-electron chi connectivity index (χ2n) is 7.76. The first-order valence-electron chi connectivity index (χ1n) is 10.0. The van der Waals surface area contributed by atoms with Gasteiger partial charge in [0.1, 0.15) is 23.2 Å². The van der Waals surface area contributed by atoms with Crippen molar-refractivity contribution < 1.29 is 23.8 Å². The third-order valence-electron chi connectivity index (χ3n) is 5.66. The minimum absolute atomic E-state index is 0.128. The van der Waals surface area contributed by atoms with Gasteiger partial charge in [-0.3, -0.25) is 4.79 Å². The molecule has 1 saturated heterocycles. The van der Waals surface area contributed by atoms with Crippen molar-refractivity contribution >= 4 is 28.2 Å². The number of aromatic nitrogens is 1. The van der Waals surface area contributed by atoms with Crippen molar-refractivity contribution in [2.75, 3.05) is 19.8 Å². The third-order valence-corrected chi connectivity index (χ3v) is 6.75. The van der Waals surface area contributed by atoms with Crippen molar-refractivity contribution in [3.63, 3.8) is 0 Å². The van der Waals surface area contributed by atoms with Crippen molar-refractivity contribution in [2.24, 2.45) is 0 Å². The maximum Gasteiger partial charge on any atom is 0.255 e. The van der Waals surface area contributed by atoms with Crippen LogP contribution >= 0.6 is 11.3 Å². The van der Waals surface area contributed by atoms with Crippen LogP contribution in [0.15, 0.2) is 28.1 Å². The summed E-state index contributed by atoms with van der Waals surface area (Å²) in [4.78, 5) is 18.5. The number of nitrogens with zero attached hydrogens (tertiary/aromatic N) is 1. The molecule has 1 atom stereocenters. The van der Waals surface area contributed by atoms with E-state index in [2.05, 4.69) is 10.3 Å². The fraction of sp³-hybridized carbons (Fsp3) is 0.455. The monoisotopic (exact) mass is 430 g/mol. The van der Waals surface area contributed by atoms with Crippen molar-refractivity contribution in [1.82, 2.24) is 10.3 Å². The quantitative estimate of drug-likeness (QED) is 0.616. The smallest absolute Gasteiger partial charge is 0.255 e. The summed E-state index contributed by atoms with van der Waals surface area (Å²) < 4.78 is 17.3. The van der Waals surface area contributed by atoms with Gasteiger partial charge in [0.05, 0.1) is 33.8 Å². The van der Waals surface area contributed by atoms with E-state index in [1.807, 2.05) is 37.6 Å². The highest BCUT2D eigenvalue weighted by Crippen LogP contribution is 2.33. The number of nitrogens with one attached hydrogen (secondary N) is 1. The van der Waals surface area contributed by atoms with Gasteiger partial charge in [-0.15, -0.1) is 11.3 Å². The summed E-state index contributed by atoms with van der Waals surface area (Å²) >= 11 is 1.56. The van der Waals surface area contributed by atoms with E-state index in [4.69, 9.17) is 13.9 Å². The van der Waals surface area contributed by atoms with E-state index in [1.54, 1.807) is 18.3 Å². The second kappa shape index (κ2) is 8.37. The van der Waals surface area contributed by atoms with Gasteiger partial charge in [-0.05, 0) is 51.8 Å². The number of ether oxygens (including phenoxy) is 2. The molecule has 0 spiro atoms. The molecule has 0 radical (unpaired) electrons. The Kier molecular flexibility index (Phi) is 5.81. The molecule has 3 aromatic rings. The van der Waals surface area contributed by atoms with Crippen LogP contribution in [0.2, 0.25) is 0 Å². The Balaban J connectivity index is 1.61. The number of carbonyl (C=O) groups is 1. The van der Waals surface area contributed by atoms with Gasteiger partial charge in [0, 0.05) is 18.6 Å². The number of thiazole rings is 1. The molecule has 1 fully saturated rings. The molecule has 0 bridgehead atoms. The summed E-state index contributed by atoms with van der Waals surface area (Å²) in [5, 5.41) is 13.6. The van der Waals surface area contributed by atoms with Crippen molar-refractivity contribution in [1.29, 1.82) is 0 Å². The van der Waals surface area contributed by atoms with E-state index in [-0.39, 0.29) is 18.6 Å². The lowest BCUT2D eigenvalue weighted by atomic mass is 9.90. The third kappa shape index (κ3) is 3.95. The Hall–Kier alpha value is -2.42. The molecule has 1 amide bonds. The highest BCUT2D eigenvalue weighted by atomic mass is 32.1. The number of hydrogen-bond donors (Lipinski definition) is 2. The average molecular weight is 431 g/mol. The highest BCUT2D eigenvalue weighted by molar-refractivity contribution is 7.09. The van der Waals surface area contributed by atoms with E-state index in [9.17, 15) is 9.90 Å². The number of aliphatic hydroxyl groups excluding tert-OH is 1. The number of rotatable bonds is 6. The van der Waals surface area contributed by atoms with Crippen LogP contribution in [-0.4, -0.2) is 41.4 Å². The normalized spacial score (nSPS) is 17.1. The zero-order chi connectivity index (χ0) is 21.3. The van der Waals surface area contributed by atoms with Gasteiger partial charge in [-0.1, -0.05) is 0 Å². The van der Waals surface area contributed by atoms with E-state index >= 15 is 0 Å². The molecular weight excluding hydrogens is 404 g/mol. The molecule has 3 heterocycles. The van der Waals surface area contributed by atoms with Crippen LogP contribution in [0.3, 0.4) is 0 Å². The van der Waals surface area contributed by atoms with E-state index in [1.165, 1.54) is 0 Å². The summed E-state index contributed by atoms with van der Waals surface area (Å²) in [6.45, 7) is 6.61. The van der Waals surface area contributed by atoms with E-state index in [0.717, 1.165) is 10.6 Å². The summed E-state index contributed by atoms with van der Waals surface area (Å²) in [5.41, 5.74) is 3.19. The first-order chi connectivity index (χ1) is 14.4. The molecule has 2 aromatic heterocycles. The summed E-state index contributed by atoms with van der Waals surface area (Å²) in [6.07, 6.45) is 0.994. The van der Waals surface area contributed by atoms with Gasteiger partial charge in [-0.25, -0.2) is 4.98 Å². The fourth-order valence-corrected chi connectivity index (χ4v) is 4.69. The lowest BCUT2D eigenvalue weighted by molar-refractivity contribution is 0.0125. The number of furan rings is 1. The Labute approximate surface area is 179 Å². The van der Waals surface area contributed by atoms with Crippen LogP contribution in [0.5, 0.6) is 5.75 Å². The Morgan fingerprint density at radius 3 is 2.80 bits per heavy atom. The zero-order valence-corrected chi connectivity index (χ0v) is 18.2. The van der Waals surface area contributed by atoms with E-state index < -0.39 is 5.54 Å². The van der Waals surface area contributed by atoms with Gasteiger partial charge in [-0.2, -0.15) is 0 Å². The number of aryl methyl sites for hydroxylation is 2. The molecular formula is C22H26N2O5S. The number of fused-ring (bicyclic) bond motifs is 1. The second-order valence-corrected chi connectivity index (χ2v) is 8.64. The SMILES string of the molecule is Cc1ncsc1C(C)Oc1ccc2oc(C)c(C(=O)NC3(CO)CCOCC3)c2c1. The average Bonchev–Trinajstić information content (AvgIpc) is 3.30. The van der Waals surface area contributed by atoms with Crippen molar-refractivity contribution in [3.05, 3.63) is 45.6 Å². The molecule has 0 aliphatic carbocycles. The number of hydrogen-bond acceptors (Lipinski definition) is 7. The van der Waals surface area contributed by atoms with Crippen LogP contribution in [0.4, 0.5) is 0 Å². The molecule has 1 aliphatic rings. The van der Waals surface area contributed by atoms with Crippen molar-refractivity contribution in [3.8, 4) is 5.75 Å². The van der Waals surface area contributed by atoms with Gasteiger partial charge in [0.25, 0.3) is 5.91 Å². The maximum absolute atomic E-state index is 13.2. The predicted molar refractivity (Wildman–Crippen MR) is 114 cm³/mol. The highest BCUT2D eigenvalue weighted by Gasteiger charge is 2.35. The molecule has 2 N–H and O–H groups in total. The zero-order valence-electron chi connectivity index (χ0n) is 17.4. The Bertz CT molecular complexity index is 1050. The maximum atomic E-state index is 13.2. The molecule has 8 heteroatoms. The number of aliphatic hydroxyl groups is 1. The van der Waals surface area contributed by atoms with Crippen LogP contribution in [0, 0.1) is 13.8 Å². The van der Waals surface area contributed by atoms with Crippen molar-refractivity contribution in [2.45, 2.75) is 45.3 Å². The Morgan fingerprint density at radius 2 is 2.13 bits per heavy atom. The molecule has 1 aliphatic heterocycles. The van der Waals surface area contributed by atoms with Gasteiger partial charge < -0.3 is 24.3 Å². The molecule has 1 unspecified atom stereocenters. The van der Waals surface area contributed by atoms with Gasteiger partial charge >= 0.3 is 0 Å². The number of amides is 1. The predicted octanol–water partition coefficient (Wildman–Crippen LogP) is 3.92. The lowest BCUT2D eigenvalue weighted by Crippen LogP contribution is -2.54. The topological polar surface area (TPSA) is 93.8 Å². The molecule has 4 rings (SSSR count). The number of carbonyl (C=O) groups excluding carboxylic acids is 1. The van der Waals surface area contributed by atoms with Crippen LogP contribution in [0.25, 0.3) is 11.0 Å². The Morgan fingerprint density at radius 1 is 1.37 bits per heavy atom. The van der Waals surface area contributed by atoms with Gasteiger partial charge in [0.15, 0.2) is 0 Å². The molecule has 30 heavy (non-hydrogen) atoms. The molecule has 1 aromatic carbocycles. The largest absolute Gasteiger partial charge is 0.485 e. The first-order valence-corrected chi connectivity index (χ1v) is 10.9. The number of benzene rings is 1. The summed E-state index contributed by atoms with van der Waals surface area (Å²) in [5.74, 6) is 0.928.